The number of aliphatic hydroxyl groups is 1. The first-order chi connectivity index (χ1) is 19.1. The predicted octanol–water partition coefficient (Wildman–Crippen LogP) is 5.73. The van der Waals surface area contributed by atoms with Gasteiger partial charge in [0.15, 0.2) is 0 Å². The van der Waals surface area contributed by atoms with Gasteiger partial charge in [0.25, 0.3) is 11.5 Å². The third kappa shape index (κ3) is 4.70. The number of aromatic amines is 1. The van der Waals surface area contributed by atoms with E-state index in [9.17, 15) is 14.7 Å². The molecule has 1 aliphatic rings. The number of carbonyl (C=O) groups is 1. The smallest absolute Gasteiger partial charge is 0.274 e. The summed E-state index contributed by atoms with van der Waals surface area (Å²) in [5.74, 6) is 0.979. The van der Waals surface area contributed by atoms with E-state index in [0.29, 0.717) is 45.9 Å². The van der Waals surface area contributed by atoms with Gasteiger partial charge in [-0.3, -0.25) is 9.59 Å². The van der Waals surface area contributed by atoms with Crippen molar-refractivity contribution in [3.05, 3.63) is 75.5 Å². The summed E-state index contributed by atoms with van der Waals surface area (Å²) >= 11 is 0. The molecule has 1 aliphatic carbocycles. The van der Waals surface area contributed by atoms with Crippen molar-refractivity contribution in [2.45, 2.75) is 59.5 Å². The lowest BCUT2D eigenvalue weighted by Gasteiger charge is -2.35. The quantitative estimate of drug-likeness (QED) is 0.250. The molecule has 40 heavy (non-hydrogen) atoms. The Kier molecular flexibility index (Phi) is 7.31. The molecule has 0 bridgehead atoms. The molecular formula is C32H38N4O4. The summed E-state index contributed by atoms with van der Waals surface area (Å²) in [5.41, 5.74) is 3.34. The van der Waals surface area contributed by atoms with Gasteiger partial charge in [-0.05, 0) is 68.7 Å². The molecule has 1 aromatic carbocycles. The molecule has 1 saturated carbocycles. The Hall–Kier alpha value is -3.91. The summed E-state index contributed by atoms with van der Waals surface area (Å²) in [4.78, 5) is 33.7. The molecule has 3 heterocycles. The van der Waals surface area contributed by atoms with E-state index in [1.165, 1.54) is 4.57 Å². The number of pyridine rings is 2. The highest BCUT2D eigenvalue weighted by molar-refractivity contribution is 6.03. The minimum atomic E-state index is -1.03. The number of hydrogen-bond acceptors (Lipinski definition) is 5. The molecule has 0 aliphatic heterocycles. The minimum Gasteiger partial charge on any atom is -0.438 e. The van der Waals surface area contributed by atoms with E-state index < -0.39 is 5.60 Å². The third-order valence-corrected chi connectivity index (χ3v) is 8.32. The summed E-state index contributed by atoms with van der Waals surface area (Å²) in [6.45, 7) is 10.4. The number of hydrogen-bond donors (Lipinski definition) is 3. The van der Waals surface area contributed by atoms with Gasteiger partial charge < -0.3 is 24.7 Å². The predicted molar refractivity (Wildman–Crippen MR) is 157 cm³/mol. The van der Waals surface area contributed by atoms with Crippen LogP contribution in [0.3, 0.4) is 0 Å². The molecular weight excluding hydrogens is 504 g/mol. The van der Waals surface area contributed by atoms with Crippen LogP contribution >= 0.6 is 0 Å². The van der Waals surface area contributed by atoms with Crippen molar-refractivity contribution in [1.29, 1.82) is 0 Å². The number of aryl methyl sites for hydroxylation is 3. The Morgan fingerprint density at radius 1 is 1.23 bits per heavy atom. The summed E-state index contributed by atoms with van der Waals surface area (Å²) < 4.78 is 7.99. The molecule has 8 heteroatoms. The second-order valence-electron chi connectivity index (χ2n) is 11.1. The number of fused-ring (bicyclic) bond motifs is 1. The monoisotopic (exact) mass is 542 g/mol. The van der Waals surface area contributed by atoms with Crippen molar-refractivity contribution in [3.8, 4) is 22.8 Å². The van der Waals surface area contributed by atoms with E-state index in [4.69, 9.17) is 9.72 Å². The van der Waals surface area contributed by atoms with Gasteiger partial charge in [-0.15, -0.1) is 0 Å². The first-order valence-corrected chi connectivity index (χ1v) is 14.1. The van der Waals surface area contributed by atoms with E-state index in [0.717, 1.165) is 36.0 Å². The molecule has 8 nitrogen and oxygen atoms in total. The van der Waals surface area contributed by atoms with E-state index in [2.05, 4.69) is 24.1 Å². The molecule has 5 rings (SSSR count). The number of aromatic nitrogens is 3. The first-order valence-electron chi connectivity index (χ1n) is 14.1. The van der Waals surface area contributed by atoms with E-state index in [1.807, 2.05) is 45.0 Å². The summed E-state index contributed by atoms with van der Waals surface area (Å²) in [5, 5.41) is 15.5. The van der Waals surface area contributed by atoms with Crippen LogP contribution in [-0.4, -0.2) is 32.1 Å². The third-order valence-electron chi connectivity index (χ3n) is 8.32. The van der Waals surface area contributed by atoms with Gasteiger partial charge in [0.05, 0.1) is 5.60 Å². The average Bonchev–Trinajstić information content (AvgIpc) is 3.70. The SMILES string of the molecule is CCNC(=O)c1cc2c(-c3cc(C(O)(C(C)CC)C4CC4)cnc3Oc3c(C)cccc3C)cn(C)c(=O)c2[nH]1. The fourth-order valence-corrected chi connectivity index (χ4v) is 5.69. The Bertz CT molecular complexity index is 1630. The van der Waals surface area contributed by atoms with Crippen molar-refractivity contribution in [3.63, 3.8) is 0 Å². The molecule has 0 spiro atoms. The van der Waals surface area contributed by atoms with Crippen LogP contribution in [-0.2, 0) is 12.6 Å². The second kappa shape index (κ2) is 10.6. The Labute approximate surface area is 234 Å². The van der Waals surface area contributed by atoms with Crippen molar-refractivity contribution < 1.29 is 14.6 Å². The number of nitrogens with one attached hydrogen (secondary N) is 2. The summed E-state index contributed by atoms with van der Waals surface area (Å²) in [7, 11) is 1.68. The number of H-pyrrole nitrogens is 1. The zero-order valence-electron chi connectivity index (χ0n) is 24.1. The van der Waals surface area contributed by atoms with Gasteiger partial charge >= 0.3 is 0 Å². The van der Waals surface area contributed by atoms with Gasteiger partial charge in [0.1, 0.15) is 17.0 Å². The summed E-state index contributed by atoms with van der Waals surface area (Å²) in [6.07, 6.45) is 6.23. The fourth-order valence-electron chi connectivity index (χ4n) is 5.69. The highest BCUT2D eigenvalue weighted by atomic mass is 16.5. The molecule has 210 valence electrons. The van der Waals surface area contributed by atoms with Crippen molar-refractivity contribution in [1.82, 2.24) is 19.9 Å². The number of para-hydroxylation sites is 1. The topological polar surface area (TPSA) is 109 Å². The lowest BCUT2D eigenvalue weighted by Crippen LogP contribution is -2.36. The zero-order chi connectivity index (χ0) is 28.8. The Balaban J connectivity index is 1.78. The number of ether oxygens (including phenoxy) is 1. The van der Waals surface area contributed by atoms with Crippen LogP contribution in [0.25, 0.3) is 22.0 Å². The zero-order valence-corrected chi connectivity index (χ0v) is 24.1. The number of rotatable bonds is 9. The first kappa shape index (κ1) is 27.6. The van der Waals surface area contributed by atoms with Crippen LogP contribution in [0, 0.1) is 25.7 Å². The maximum absolute atomic E-state index is 13.1. The average molecular weight is 543 g/mol. The minimum absolute atomic E-state index is 0.0248. The second-order valence-corrected chi connectivity index (χ2v) is 11.1. The van der Waals surface area contributed by atoms with E-state index in [-0.39, 0.29) is 23.3 Å². The summed E-state index contributed by atoms with van der Waals surface area (Å²) in [6, 6.07) is 9.61. The number of benzene rings is 1. The number of nitrogens with zero attached hydrogens (tertiary/aromatic N) is 2. The molecule has 3 aromatic heterocycles. The highest BCUT2D eigenvalue weighted by Crippen LogP contribution is 2.52. The van der Waals surface area contributed by atoms with Crippen molar-refractivity contribution in [2.24, 2.45) is 18.9 Å². The van der Waals surface area contributed by atoms with Gasteiger partial charge in [0, 0.05) is 48.1 Å². The highest BCUT2D eigenvalue weighted by Gasteiger charge is 2.48. The standard InChI is InChI=1S/C32H38N4O4/c1-7-20(5)32(39,21-12-13-21)22-14-24(30(34-16-22)40-28-18(3)10-9-11-19(28)4)25-17-36(6)31(38)27-23(25)15-26(35-27)29(37)33-8-2/h9-11,14-17,20-21,35,39H,7-8,12-13H2,1-6H3,(H,33,37). The molecule has 1 fully saturated rings. The van der Waals surface area contributed by atoms with Crippen LogP contribution < -0.4 is 15.6 Å². The molecule has 0 saturated heterocycles. The Morgan fingerprint density at radius 2 is 1.93 bits per heavy atom. The maximum atomic E-state index is 13.1. The normalized spacial score (nSPS) is 15.6. The van der Waals surface area contributed by atoms with Gasteiger partial charge in [-0.25, -0.2) is 4.98 Å². The molecule has 2 atom stereocenters. The van der Waals surface area contributed by atoms with E-state index in [1.54, 1.807) is 25.5 Å². The molecule has 4 aromatic rings. The molecule has 3 N–H and O–H groups in total. The van der Waals surface area contributed by atoms with Gasteiger partial charge in [-0.1, -0.05) is 38.5 Å². The van der Waals surface area contributed by atoms with Crippen LogP contribution in [0.5, 0.6) is 11.6 Å². The van der Waals surface area contributed by atoms with Crippen LogP contribution in [0.4, 0.5) is 0 Å². The Morgan fingerprint density at radius 3 is 2.55 bits per heavy atom. The van der Waals surface area contributed by atoms with Gasteiger partial charge in [-0.2, -0.15) is 0 Å². The molecule has 1 amide bonds. The van der Waals surface area contributed by atoms with Crippen molar-refractivity contribution in [2.75, 3.05) is 6.54 Å². The largest absolute Gasteiger partial charge is 0.438 e. The number of amides is 1. The lowest BCUT2D eigenvalue weighted by atomic mass is 9.77. The fraction of sp³-hybridized carbons (Fsp3) is 0.406. The molecule has 2 unspecified atom stereocenters. The molecule has 0 radical (unpaired) electrons. The maximum Gasteiger partial charge on any atom is 0.274 e. The number of carbonyl (C=O) groups excluding carboxylic acids is 1. The van der Waals surface area contributed by atoms with Gasteiger partial charge in [0.2, 0.25) is 5.88 Å². The van der Waals surface area contributed by atoms with Crippen LogP contribution in [0.1, 0.15) is 67.2 Å². The van der Waals surface area contributed by atoms with E-state index >= 15 is 0 Å². The lowest BCUT2D eigenvalue weighted by molar-refractivity contribution is -0.0406. The van der Waals surface area contributed by atoms with Crippen molar-refractivity contribution >= 4 is 16.8 Å². The van der Waals surface area contributed by atoms with Crippen LogP contribution in [0.2, 0.25) is 0 Å². The van der Waals surface area contributed by atoms with Crippen LogP contribution in [0.15, 0.2) is 47.5 Å².